The summed E-state index contributed by atoms with van der Waals surface area (Å²) in [6, 6.07) is 2.60. The maximum absolute atomic E-state index is 4.58. The average molecular weight is 252 g/mol. The molecule has 1 atom stereocenters. The second-order valence-corrected chi connectivity index (χ2v) is 4.75. The number of aromatic nitrogens is 2. The summed E-state index contributed by atoms with van der Waals surface area (Å²) in [5, 5.41) is 8.03. The van der Waals surface area contributed by atoms with E-state index in [0.717, 1.165) is 44.8 Å². The van der Waals surface area contributed by atoms with Crippen LogP contribution in [0, 0.1) is 0 Å². The molecule has 0 saturated heterocycles. The van der Waals surface area contributed by atoms with Gasteiger partial charge in [-0.1, -0.05) is 20.8 Å². The lowest BCUT2D eigenvalue weighted by atomic mass is 10.3. The summed E-state index contributed by atoms with van der Waals surface area (Å²) in [7, 11) is 0. The number of nitrogens with one attached hydrogen (secondary N) is 1. The van der Waals surface area contributed by atoms with Crippen molar-refractivity contribution in [1.82, 2.24) is 20.0 Å². The van der Waals surface area contributed by atoms with Crippen LogP contribution < -0.4 is 5.32 Å². The molecule has 0 aliphatic rings. The van der Waals surface area contributed by atoms with E-state index in [1.165, 1.54) is 0 Å². The molecule has 18 heavy (non-hydrogen) atoms. The first-order chi connectivity index (χ1) is 8.71. The Morgan fingerprint density at radius 2 is 2.06 bits per heavy atom. The van der Waals surface area contributed by atoms with Gasteiger partial charge in [-0.2, -0.15) is 5.10 Å². The van der Waals surface area contributed by atoms with Gasteiger partial charge in [-0.15, -0.1) is 0 Å². The van der Waals surface area contributed by atoms with Gasteiger partial charge < -0.3 is 10.2 Å². The van der Waals surface area contributed by atoms with E-state index in [9.17, 15) is 0 Å². The van der Waals surface area contributed by atoms with Crippen LogP contribution in [0.3, 0.4) is 0 Å². The Morgan fingerprint density at radius 3 is 2.67 bits per heavy atom. The second-order valence-electron chi connectivity index (χ2n) is 4.75. The highest BCUT2D eigenvalue weighted by atomic mass is 15.3. The van der Waals surface area contributed by atoms with E-state index in [0.29, 0.717) is 6.04 Å². The Kier molecular flexibility index (Phi) is 6.98. The molecule has 0 bridgehead atoms. The topological polar surface area (TPSA) is 33.1 Å². The van der Waals surface area contributed by atoms with Crippen LogP contribution >= 0.6 is 0 Å². The summed E-state index contributed by atoms with van der Waals surface area (Å²) >= 11 is 0. The smallest absolute Gasteiger partial charge is 0.0762 e. The zero-order valence-electron chi connectivity index (χ0n) is 12.3. The minimum atomic E-state index is 0.495. The standard InChI is InChI=1S/C14H28N4/c1-5-13(4)18-10-8-14(16-18)12-15-9-11-17(6-2)7-3/h8,10,13,15H,5-7,9,11-12H2,1-4H3. The molecule has 4 heteroatoms. The van der Waals surface area contributed by atoms with Gasteiger partial charge >= 0.3 is 0 Å². The van der Waals surface area contributed by atoms with E-state index >= 15 is 0 Å². The predicted octanol–water partition coefficient (Wildman–Crippen LogP) is 2.29. The number of likely N-dealkylation sites (N-methyl/N-ethyl adjacent to an activating group) is 1. The van der Waals surface area contributed by atoms with Gasteiger partial charge in [0.2, 0.25) is 0 Å². The van der Waals surface area contributed by atoms with Crippen molar-refractivity contribution in [3.63, 3.8) is 0 Å². The van der Waals surface area contributed by atoms with Crippen LogP contribution in [0.25, 0.3) is 0 Å². The summed E-state index contributed by atoms with van der Waals surface area (Å²) in [5.74, 6) is 0. The van der Waals surface area contributed by atoms with E-state index < -0.39 is 0 Å². The third-order valence-electron chi connectivity index (χ3n) is 3.51. The first-order valence-corrected chi connectivity index (χ1v) is 7.18. The van der Waals surface area contributed by atoms with Crippen molar-refractivity contribution >= 4 is 0 Å². The fraction of sp³-hybridized carbons (Fsp3) is 0.786. The van der Waals surface area contributed by atoms with Crippen LogP contribution in [0.2, 0.25) is 0 Å². The maximum Gasteiger partial charge on any atom is 0.0762 e. The van der Waals surface area contributed by atoms with Crippen molar-refractivity contribution in [2.45, 2.75) is 46.7 Å². The lowest BCUT2D eigenvalue weighted by Crippen LogP contribution is -2.31. The van der Waals surface area contributed by atoms with E-state index in [2.05, 4.69) is 60.0 Å². The van der Waals surface area contributed by atoms with Crippen molar-refractivity contribution in [2.75, 3.05) is 26.2 Å². The molecular weight excluding hydrogens is 224 g/mol. The Balaban J connectivity index is 2.25. The first-order valence-electron chi connectivity index (χ1n) is 7.18. The Morgan fingerprint density at radius 1 is 1.33 bits per heavy atom. The number of rotatable bonds is 9. The van der Waals surface area contributed by atoms with Crippen LogP contribution in [-0.2, 0) is 6.54 Å². The van der Waals surface area contributed by atoms with Gasteiger partial charge in [0.15, 0.2) is 0 Å². The maximum atomic E-state index is 4.58. The lowest BCUT2D eigenvalue weighted by Gasteiger charge is -2.17. The third-order valence-corrected chi connectivity index (χ3v) is 3.51. The van der Waals surface area contributed by atoms with Gasteiger partial charge in [0.05, 0.1) is 5.69 Å². The molecule has 0 spiro atoms. The van der Waals surface area contributed by atoms with Crippen LogP contribution in [0.1, 0.15) is 45.9 Å². The molecule has 0 aliphatic carbocycles. The molecule has 1 unspecified atom stereocenters. The number of hydrogen-bond acceptors (Lipinski definition) is 3. The zero-order chi connectivity index (χ0) is 13.4. The number of hydrogen-bond donors (Lipinski definition) is 1. The molecule has 1 aromatic rings. The molecule has 0 fully saturated rings. The Labute approximate surface area is 111 Å². The molecule has 0 radical (unpaired) electrons. The summed E-state index contributed by atoms with van der Waals surface area (Å²) < 4.78 is 2.06. The quantitative estimate of drug-likeness (QED) is 0.685. The fourth-order valence-electron chi connectivity index (χ4n) is 1.90. The Bertz CT molecular complexity index is 317. The normalized spacial score (nSPS) is 13.2. The first kappa shape index (κ1) is 15.2. The average Bonchev–Trinajstić information content (AvgIpc) is 2.87. The minimum Gasteiger partial charge on any atom is -0.310 e. The van der Waals surface area contributed by atoms with E-state index in [4.69, 9.17) is 0 Å². The molecule has 0 aromatic carbocycles. The highest BCUT2D eigenvalue weighted by molar-refractivity contribution is 4.99. The molecule has 1 N–H and O–H groups in total. The minimum absolute atomic E-state index is 0.495. The van der Waals surface area contributed by atoms with Gasteiger partial charge in [0.1, 0.15) is 0 Å². The van der Waals surface area contributed by atoms with E-state index in [1.54, 1.807) is 0 Å². The molecule has 1 heterocycles. The summed E-state index contributed by atoms with van der Waals surface area (Å²) in [4.78, 5) is 2.42. The molecule has 1 aromatic heterocycles. The highest BCUT2D eigenvalue weighted by Crippen LogP contribution is 2.08. The van der Waals surface area contributed by atoms with E-state index in [-0.39, 0.29) is 0 Å². The summed E-state index contributed by atoms with van der Waals surface area (Å²) in [5.41, 5.74) is 1.13. The summed E-state index contributed by atoms with van der Waals surface area (Å²) in [6.45, 7) is 14.1. The molecule has 104 valence electrons. The zero-order valence-corrected chi connectivity index (χ0v) is 12.3. The van der Waals surface area contributed by atoms with Crippen LogP contribution in [0.15, 0.2) is 12.3 Å². The molecule has 0 saturated carbocycles. The molecular formula is C14H28N4. The van der Waals surface area contributed by atoms with Gasteiger partial charge in [-0.25, -0.2) is 0 Å². The second kappa shape index (κ2) is 8.27. The van der Waals surface area contributed by atoms with Gasteiger partial charge in [0, 0.05) is 31.9 Å². The fourth-order valence-corrected chi connectivity index (χ4v) is 1.90. The SMILES string of the molecule is CCC(C)n1ccc(CNCCN(CC)CC)n1. The molecule has 4 nitrogen and oxygen atoms in total. The van der Waals surface area contributed by atoms with Gasteiger partial charge in [-0.3, -0.25) is 4.68 Å². The van der Waals surface area contributed by atoms with Crippen molar-refractivity contribution in [2.24, 2.45) is 0 Å². The summed E-state index contributed by atoms with van der Waals surface area (Å²) in [6.07, 6.45) is 3.20. The van der Waals surface area contributed by atoms with Crippen molar-refractivity contribution in [3.05, 3.63) is 18.0 Å². The Hall–Kier alpha value is -0.870. The lowest BCUT2D eigenvalue weighted by molar-refractivity contribution is 0.302. The van der Waals surface area contributed by atoms with Crippen molar-refractivity contribution < 1.29 is 0 Å². The van der Waals surface area contributed by atoms with Crippen molar-refractivity contribution in [3.8, 4) is 0 Å². The van der Waals surface area contributed by atoms with Crippen LogP contribution in [-0.4, -0.2) is 40.9 Å². The molecule has 0 amide bonds. The predicted molar refractivity (Wildman–Crippen MR) is 76.7 cm³/mol. The van der Waals surface area contributed by atoms with Crippen molar-refractivity contribution in [1.29, 1.82) is 0 Å². The molecule has 0 aliphatic heterocycles. The van der Waals surface area contributed by atoms with Crippen LogP contribution in [0.4, 0.5) is 0 Å². The van der Waals surface area contributed by atoms with Gasteiger partial charge in [0.25, 0.3) is 0 Å². The van der Waals surface area contributed by atoms with Crippen LogP contribution in [0.5, 0.6) is 0 Å². The monoisotopic (exact) mass is 252 g/mol. The number of nitrogens with zero attached hydrogens (tertiary/aromatic N) is 3. The van der Waals surface area contributed by atoms with Gasteiger partial charge in [-0.05, 0) is 32.5 Å². The third kappa shape index (κ3) is 4.78. The van der Waals surface area contributed by atoms with E-state index in [1.807, 2.05) is 0 Å². The highest BCUT2D eigenvalue weighted by Gasteiger charge is 2.04. The molecule has 1 rings (SSSR count). The largest absolute Gasteiger partial charge is 0.310 e.